The molecular formula is C19H25FN4O4. The van der Waals surface area contributed by atoms with Crippen LogP contribution in [0.5, 0.6) is 5.75 Å². The van der Waals surface area contributed by atoms with E-state index in [1.807, 2.05) is 0 Å². The molecule has 1 saturated heterocycles. The predicted octanol–water partition coefficient (Wildman–Crippen LogP) is 1.51. The molecule has 0 radical (unpaired) electrons. The van der Waals surface area contributed by atoms with Gasteiger partial charge in [0, 0.05) is 32.1 Å². The minimum absolute atomic E-state index is 0.0813. The highest BCUT2D eigenvalue weighted by atomic mass is 19.1. The van der Waals surface area contributed by atoms with E-state index in [1.165, 1.54) is 24.1 Å². The second-order valence-corrected chi connectivity index (χ2v) is 7.22. The first-order valence-corrected chi connectivity index (χ1v) is 9.12. The third-order valence-corrected chi connectivity index (χ3v) is 4.83. The summed E-state index contributed by atoms with van der Waals surface area (Å²) in [5.41, 5.74) is -1.19. The maximum atomic E-state index is 14.1. The Hall–Kier alpha value is -2.52. The lowest BCUT2D eigenvalue weighted by atomic mass is 9.90. The van der Waals surface area contributed by atoms with E-state index in [2.05, 4.69) is 10.1 Å². The van der Waals surface area contributed by atoms with E-state index < -0.39 is 17.3 Å². The number of rotatable bonds is 7. The van der Waals surface area contributed by atoms with Crippen molar-refractivity contribution in [1.82, 2.24) is 19.9 Å². The number of carbonyl (C=O) groups is 1. The number of likely N-dealkylation sites (tertiary alicyclic amines) is 1. The second-order valence-electron chi connectivity index (χ2n) is 7.22. The van der Waals surface area contributed by atoms with Gasteiger partial charge >= 0.3 is 0 Å². The maximum Gasteiger partial charge on any atom is 0.256 e. The van der Waals surface area contributed by atoms with E-state index in [9.17, 15) is 14.3 Å². The SMILES string of the molecule is COc1ccc(F)c(CN2CCC[C@](O)(CN(C)Cc3noc(C)n3)C2=O)c1. The van der Waals surface area contributed by atoms with E-state index in [1.54, 1.807) is 24.9 Å². The fourth-order valence-electron chi connectivity index (χ4n) is 3.52. The van der Waals surface area contributed by atoms with Crippen LogP contribution in [0.3, 0.4) is 0 Å². The molecule has 8 nitrogen and oxygen atoms in total. The van der Waals surface area contributed by atoms with E-state index >= 15 is 0 Å². The molecule has 1 amide bonds. The number of aryl methyl sites for hydroxylation is 1. The number of piperidine rings is 1. The molecule has 0 spiro atoms. The quantitative estimate of drug-likeness (QED) is 0.764. The summed E-state index contributed by atoms with van der Waals surface area (Å²) in [6.45, 7) is 2.71. The van der Waals surface area contributed by atoms with Crippen molar-refractivity contribution in [3.8, 4) is 5.75 Å². The molecule has 1 aliphatic heterocycles. The van der Waals surface area contributed by atoms with Gasteiger partial charge in [0.05, 0.1) is 13.7 Å². The molecular weight excluding hydrogens is 367 g/mol. The number of halogens is 1. The number of hydrogen-bond donors (Lipinski definition) is 1. The minimum atomic E-state index is -1.54. The summed E-state index contributed by atoms with van der Waals surface area (Å²) in [6, 6.07) is 4.41. The Labute approximate surface area is 162 Å². The number of carbonyl (C=O) groups excluding carboxylic acids is 1. The van der Waals surface area contributed by atoms with Gasteiger partial charge in [-0.05, 0) is 38.1 Å². The number of amides is 1. The molecule has 2 heterocycles. The summed E-state index contributed by atoms with van der Waals surface area (Å²) < 4.78 is 24.2. The van der Waals surface area contributed by atoms with Crippen molar-refractivity contribution in [2.75, 3.05) is 27.2 Å². The topological polar surface area (TPSA) is 91.9 Å². The van der Waals surface area contributed by atoms with E-state index in [4.69, 9.17) is 9.26 Å². The van der Waals surface area contributed by atoms with Gasteiger partial charge < -0.3 is 19.3 Å². The number of ether oxygens (including phenoxy) is 1. The predicted molar refractivity (Wildman–Crippen MR) is 97.9 cm³/mol. The molecule has 1 aromatic heterocycles. The largest absolute Gasteiger partial charge is 0.497 e. The third-order valence-electron chi connectivity index (χ3n) is 4.83. The highest BCUT2D eigenvalue weighted by Gasteiger charge is 2.43. The van der Waals surface area contributed by atoms with Gasteiger partial charge in [0.25, 0.3) is 5.91 Å². The van der Waals surface area contributed by atoms with E-state index in [0.29, 0.717) is 49.0 Å². The highest BCUT2D eigenvalue weighted by Crippen LogP contribution is 2.27. The van der Waals surface area contributed by atoms with Crippen LogP contribution in [-0.2, 0) is 17.9 Å². The Morgan fingerprint density at radius 2 is 2.25 bits per heavy atom. The molecule has 0 saturated carbocycles. The van der Waals surface area contributed by atoms with Crippen molar-refractivity contribution in [2.45, 2.75) is 38.5 Å². The zero-order valence-electron chi connectivity index (χ0n) is 16.3. The van der Waals surface area contributed by atoms with Gasteiger partial charge in [0.15, 0.2) is 11.4 Å². The van der Waals surface area contributed by atoms with Crippen LogP contribution in [0.4, 0.5) is 4.39 Å². The molecule has 1 N–H and O–H groups in total. The smallest absolute Gasteiger partial charge is 0.256 e. The number of nitrogens with zero attached hydrogens (tertiary/aromatic N) is 4. The first kappa shape index (κ1) is 20.2. The number of aliphatic hydroxyl groups is 1. The van der Waals surface area contributed by atoms with Crippen molar-refractivity contribution in [3.63, 3.8) is 0 Å². The Balaban J connectivity index is 1.68. The summed E-state index contributed by atoms with van der Waals surface area (Å²) in [6.07, 6.45) is 0.974. The lowest BCUT2D eigenvalue weighted by Gasteiger charge is -2.40. The highest BCUT2D eigenvalue weighted by molar-refractivity contribution is 5.86. The molecule has 1 fully saturated rings. The van der Waals surface area contributed by atoms with Crippen LogP contribution in [0, 0.1) is 12.7 Å². The summed E-state index contributed by atoms with van der Waals surface area (Å²) in [5, 5.41) is 14.8. The average Bonchev–Trinajstić information content (AvgIpc) is 3.05. The Morgan fingerprint density at radius 1 is 1.46 bits per heavy atom. The van der Waals surface area contributed by atoms with Crippen molar-refractivity contribution in [1.29, 1.82) is 0 Å². The Bertz CT molecular complexity index is 843. The molecule has 0 unspecified atom stereocenters. The fourth-order valence-corrected chi connectivity index (χ4v) is 3.52. The molecule has 28 heavy (non-hydrogen) atoms. The monoisotopic (exact) mass is 392 g/mol. The second kappa shape index (κ2) is 8.24. The molecule has 2 aromatic rings. The van der Waals surface area contributed by atoms with Gasteiger partial charge in [-0.1, -0.05) is 5.16 Å². The summed E-state index contributed by atoms with van der Waals surface area (Å²) in [4.78, 5) is 20.4. The lowest BCUT2D eigenvalue weighted by Crippen LogP contribution is -2.57. The van der Waals surface area contributed by atoms with Crippen LogP contribution < -0.4 is 4.74 Å². The van der Waals surface area contributed by atoms with Crippen LogP contribution in [0.1, 0.15) is 30.1 Å². The number of methoxy groups -OCH3 is 1. The van der Waals surface area contributed by atoms with Gasteiger partial charge in [-0.2, -0.15) is 4.98 Å². The molecule has 1 atom stereocenters. The molecule has 0 bridgehead atoms. The first-order valence-electron chi connectivity index (χ1n) is 9.12. The standard InChI is InChI=1S/C19H25FN4O4/c1-13-21-17(22-28-13)11-23(2)12-19(26)7-4-8-24(18(19)25)10-14-9-15(27-3)5-6-16(14)20/h5-6,9,26H,4,7-8,10-12H2,1-3H3/t19-/m0/s1. The minimum Gasteiger partial charge on any atom is -0.497 e. The number of likely N-dealkylation sites (N-methyl/N-ethyl adjacent to an activating group) is 1. The zero-order chi connectivity index (χ0) is 20.3. The lowest BCUT2D eigenvalue weighted by molar-refractivity contribution is -0.160. The third kappa shape index (κ3) is 4.48. The van der Waals surface area contributed by atoms with Gasteiger partial charge in [0.2, 0.25) is 5.89 Å². The van der Waals surface area contributed by atoms with E-state index in [0.717, 1.165) is 0 Å². The molecule has 9 heteroatoms. The Morgan fingerprint density at radius 3 is 2.93 bits per heavy atom. The maximum absolute atomic E-state index is 14.1. The van der Waals surface area contributed by atoms with Crippen molar-refractivity contribution < 1.29 is 23.6 Å². The van der Waals surface area contributed by atoms with Crippen LogP contribution in [0.2, 0.25) is 0 Å². The van der Waals surface area contributed by atoms with Gasteiger partial charge in [-0.15, -0.1) is 0 Å². The summed E-state index contributed by atoms with van der Waals surface area (Å²) in [5.74, 6) is 0.653. The summed E-state index contributed by atoms with van der Waals surface area (Å²) >= 11 is 0. The van der Waals surface area contributed by atoms with Crippen LogP contribution in [0.15, 0.2) is 22.7 Å². The summed E-state index contributed by atoms with van der Waals surface area (Å²) in [7, 11) is 3.28. The van der Waals surface area contributed by atoms with Crippen molar-refractivity contribution >= 4 is 5.91 Å². The van der Waals surface area contributed by atoms with Gasteiger partial charge in [0.1, 0.15) is 11.6 Å². The normalized spacial score (nSPS) is 20.1. The fraction of sp³-hybridized carbons (Fsp3) is 0.526. The number of benzene rings is 1. The van der Waals surface area contributed by atoms with Crippen LogP contribution in [-0.4, -0.2) is 63.8 Å². The van der Waals surface area contributed by atoms with Crippen molar-refractivity contribution in [3.05, 3.63) is 41.3 Å². The van der Waals surface area contributed by atoms with Gasteiger partial charge in [-0.25, -0.2) is 4.39 Å². The molecule has 0 aliphatic carbocycles. The molecule has 1 aliphatic rings. The van der Waals surface area contributed by atoms with Crippen LogP contribution >= 0.6 is 0 Å². The zero-order valence-corrected chi connectivity index (χ0v) is 16.3. The number of aromatic nitrogens is 2. The molecule has 1 aromatic carbocycles. The molecule has 152 valence electrons. The molecule has 3 rings (SSSR count). The Kier molecular flexibility index (Phi) is 5.95. The number of hydrogen-bond acceptors (Lipinski definition) is 7. The van der Waals surface area contributed by atoms with Crippen molar-refractivity contribution in [2.24, 2.45) is 0 Å². The van der Waals surface area contributed by atoms with Gasteiger partial charge in [-0.3, -0.25) is 9.69 Å². The first-order chi connectivity index (χ1) is 13.3. The van der Waals surface area contributed by atoms with Crippen LogP contribution in [0.25, 0.3) is 0 Å². The van der Waals surface area contributed by atoms with E-state index in [-0.39, 0.29) is 13.1 Å². The average molecular weight is 392 g/mol.